The van der Waals surface area contributed by atoms with E-state index in [0.29, 0.717) is 0 Å². The molecule has 1 heterocycles. The molecule has 0 saturated carbocycles. The second-order valence-corrected chi connectivity index (χ2v) is 6.03. The standard InChI is InChI=1S/C12H10O2S/c13-15(14)7-10-5-1-3-9-4-2-6-11(8-15)12(9)10/h1-6H,7-8H2. The molecule has 0 amide bonds. The van der Waals surface area contributed by atoms with E-state index < -0.39 is 9.84 Å². The van der Waals surface area contributed by atoms with Crippen molar-refractivity contribution >= 4 is 20.6 Å². The van der Waals surface area contributed by atoms with Crippen molar-refractivity contribution in [2.45, 2.75) is 11.5 Å². The zero-order chi connectivity index (χ0) is 10.5. The second kappa shape index (κ2) is 2.83. The van der Waals surface area contributed by atoms with E-state index in [2.05, 4.69) is 0 Å². The molecule has 76 valence electrons. The summed E-state index contributed by atoms with van der Waals surface area (Å²) in [7, 11) is -2.94. The summed E-state index contributed by atoms with van der Waals surface area (Å²) in [4.78, 5) is 0. The normalized spacial score (nSPS) is 17.9. The van der Waals surface area contributed by atoms with Crippen molar-refractivity contribution in [2.24, 2.45) is 0 Å². The van der Waals surface area contributed by atoms with Crippen LogP contribution in [0, 0.1) is 0 Å². The van der Waals surface area contributed by atoms with Gasteiger partial charge in [-0.15, -0.1) is 0 Å². The van der Waals surface area contributed by atoms with Crippen molar-refractivity contribution in [3.8, 4) is 0 Å². The summed E-state index contributed by atoms with van der Waals surface area (Å²) >= 11 is 0. The third-order valence-corrected chi connectivity index (χ3v) is 4.33. The second-order valence-electron chi connectivity index (χ2n) is 3.96. The minimum Gasteiger partial charge on any atom is -0.228 e. The fourth-order valence-electron chi connectivity index (χ4n) is 2.27. The summed E-state index contributed by atoms with van der Waals surface area (Å²) in [6.07, 6.45) is 0. The fraction of sp³-hybridized carbons (Fsp3) is 0.167. The van der Waals surface area contributed by atoms with Crippen molar-refractivity contribution in [3.05, 3.63) is 47.5 Å². The highest BCUT2D eigenvalue weighted by atomic mass is 32.2. The predicted molar refractivity (Wildman–Crippen MR) is 60.3 cm³/mol. The van der Waals surface area contributed by atoms with Crippen molar-refractivity contribution in [1.29, 1.82) is 0 Å². The van der Waals surface area contributed by atoms with Crippen LogP contribution in [0.15, 0.2) is 36.4 Å². The topological polar surface area (TPSA) is 34.1 Å². The molecule has 2 aromatic carbocycles. The first-order chi connectivity index (χ1) is 7.16. The lowest BCUT2D eigenvalue weighted by Crippen LogP contribution is -2.13. The van der Waals surface area contributed by atoms with E-state index in [0.717, 1.165) is 21.9 Å². The van der Waals surface area contributed by atoms with E-state index in [1.54, 1.807) is 0 Å². The Morgan fingerprint density at radius 2 is 1.40 bits per heavy atom. The summed E-state index contributed by atoms with van der Waals surface area (Å²) in [5.74, 6) is 0.364. The molecule has 0 atom stereocenters. The van der Waals surface area contributed by atoms with Gasteiger partial charge in [0.2, 0.25) is 0 Å². The molecule has 1 aliphatic heterocycles. The van der Waals surface area contributed by atoms with Crippen molar-refractivity contribution in [1.82, 2.24) is 0 Å². The highest BCUT2D eigenvalue weighted by Gasteiger charge is 2.22. The summed E-state index contributed by atoms with van der Waals surface area (Å²) < 4.78 is 23.3. The molecular formula is C12H10O2S. The molecule has 0 N–H and O–H groups in total. The zero-order valence-electron chi connectivity index (χ0n) is 8.10. The molecule has 0 saturated heterocycles. The Balaban J connectivity index is 2.46. The molecule has 0 bridgehead atoms. The van der Waals surface area contributed by atoms with Crippen LogP contribution in [-0.2, 0) is 21.3 Å². The molecule has 0 spiro atoms. The van der Waals surface area contributed by atoms with Crippen molar-refractivity contribution in [3.63, 3.8) is 0 Å². The number of hydrogen-bond acceptors (Lipinski definition) is 2. The summed E-state index contributed by atoms with van der Waals surface area (Å²) in [5, 5.41) is 2.27. The summed E-state index contributed by atoms with van der Waals surface area (Å²) in [6.45, 7) is 0. The molecule has 2 aromatic rings. The third kappa shape index (κ3) is 1.35. The Labute approximate surface area is 88.5 Å². The largest absolute Gasteiger partial charge is 0.228 e. The van der Waals surface area contributed by atoms with Crippen LogP contribution in [0.2, 0.25) is 0 Å². The minimum absolute atomic E-state index is 0.182. The van der Waals surface area contributed by atoms with E-state index in [9.17, 15) is 8.42 Å². The Kier molecular flexibility index (Phi) is 1.68. The molecule has 1 aliphatic rings. The van der Waals surface area contributed by atoms with Gasteiger partial charge in [0.15, 0.2) is 9.84 Å². The highest BCUT2D eigenvalue weighted by molar-refractivity contribution is 7.89. The zero-order valence-corrected chi connectivity index (χ0v) is 8.92. The average molecular weight is 218 g/mol. The van der Waals surface area contributed by atoms with Crippen LogP contribution in [0.1, 0.15) is 11.1 Å². The number of sulfone groups is 1. The maximum atomic E-state index is 11.7. The van der Waals surface area contributed by atoms with Crippen LogP contribution in [0.3, 0.4) is 0 Å². The molecule has 0 fully saturated rings. The van der Waals surface area contributed by atoms with Gasteiger partial charge in [0.1, 0.15) is 0 Å². The lowest BCUT2D eigenvalue weighted by molar-refractivity contribution is 0.594. The van der Waals surface area contributed by atoms with Gasteiger partial charge in [-0.25, -0.2) is 8.42 Å². The highest BCUT2D eigenvalue weighted by Crippen LogP contribution is 2.30. The maximum Gasteiger partial charge on any atom is 0.158 e. The Morgan fingerprint density at radius 1 is 0.867 bits per heavy atom. The first-order valence-electron chi connectivity index (χ1n) is 4.86. The lowest BCUT2D eigenvalue weighted by Gasteiger charge is -2.17. The molecule has 2 nitrogen and oxygen atoms in total. The van der Waals surface area contributed by atoms with Gasteiger partial charge in [-0.2, -0.15) is 0 Å². The Morgan fingerprint density at radius 3 is 1.93 bits per heavy atom. The van der Waals surface area contributed by atoms with E-state index in [-0.39, 0.29) is 11.5 Å². The van der Waals surface area contributed by atoms with Gasteiger partial charge in [0.25, 0.3) is 0 Å². The van der Waals surface area contributed by atoms with Gasteiger partial charge < -0.3 is 0 Å². The molecule has 0 aliphatic carbocycles. The number of benzene rings is 2. The van der Waals surface area contributed by atoms with Crippen LogP contribution < -0.4 is 0 Å². The van der Waals surface area contributed by atoms with Gasteiger partial charge in [-0.1, -0.05) is 36.4 Å². The van der Waals surface area contributed by atoms with E-state index in [4.69, 9.17) is 0 Å². The van der Waals surface area contributed by atoms with Crippen LogP contribution in [0.25, 0.3) is 10.8 Å². The maximum absolute atomic E-state index is 11.7. The monoisotopic (exact) mass is 218 g/mol. The molecule has 15 heavy (non-hydrogen) atoms. The SMILES string of the molecule is O=S1(=O)Cc2cccc3cccc(c23)C1. The van der Waals surface area contributed by atoms with Gasteiger partial charge in [0.05, 0.1) is 11.5 Å². The van der Waals surface area contributed by atoms with Crippen LogP contribution >= 0.6 is 0 Å². The molecular weight excluding hydrogens is 208 g/mol. The summed E-state index contributed by atoms with van der Waals surface area (Å²) in [6, 6.07) is 11.7. The molecule has 0 unspecified atom stereocenters. The van der Waals surface area contributed by atoms with Gasteiger partial charge >= 0.3 is 0 Å². The van der Waals surface area contributed by atoms with Gasteiger partial charge in [-0.3, -0.25) is 0 Å². The number of hydrogen-bond donors (Lipinski definition) is 0. The minimum atomic E-state index is -2.94. The van der Waals surface area contributed by atoms with E-state index in [1.807, 2.05) is 36.4 Å². The van der Waals surface area contributed by atoms with E-state index in [1.165, 1.54) is 0 Å². The molecule has 0 radical (unpaired) electrons. The average Bonchev–Trinajstić information content (AvgIpc) is 2.16. The Hall–Kier alpha value is -1.35. The third-order valence-electron chi connectivity index (χ3n) is 2.83. The smallest absolute Gasteiger partial charge is 0.158 e. The first-order valence-corrected chi connectivity index (χ1v) is 6.68. The molecule has 3 heteroatoms. The van der Waals surface area contributed by atoms with Crippen LogP contribution in [-0.4, -0.2) is 8.42 Å². The fourth-order valence-corrected chi connectivity index (χ4v) is 3.80. The predicted octanol–water partition coefficient (Wildman–Crippen LogP) is 2.27. The van der Waals surface area contributed by atoms with E-state index >= 15 is 0 Å². The number of rotatable bonds is 0. The lowest BCUT2D eigenvalue weighted by atomic mass is 10.0. The van der Waals surface area contributed by atoms with Gasteiger partial charge in [-0.05, 0) is 21.9 Å². The van der Waals surface area contributed by atoms with Gasteiger partial charge in [0, 0.05) is 0 Å². The molecule has 3 rings (SSSR count). The Bertz CT molecular complexity index is 595. The van der Waals surface area contributed by atoms with Crippen LogP contribution in [0.5, 0.6) is 0 Å². The van der Waals surface area contributed by atoms with Crippen LogP contribution in [0.4, 0.5) is 0 Å². The van der Waals surface area contributed by atoms with Crippen molar-refractivity contribution in [2.75, 3.05) is 0 Å². The summed E-state index contributed by atoms with van der Waals surface area (Å²) in [5.41, 5.74) is 1.88. The molecule has 0 aromatic heterocycles. The first kappa shape index (κ1) is 8.92. The quantitative estimate of drug-likeness (QED) is 0.679. The van der Waals surface area contributed by atoms with Crippen molar-refractivity contribution < 1.29 is 8.42 Å².